The number of hydrogen-bond donors (Lipinski definition) is 0. The van der Waals surface area contributed by atoms with Gasteiger partial charge in [-0.05, 0) is 68.0 Å². The Bertz CT molecular complexity index is 975. The summed E-state index contributed by atoms with van der Waals surface area (Å²) >= 11 is 0. The predicted octanol–water partition coefficient (Wildman–Crippen LogP) is 3.02. The van der Waals surface area contributed by atoms with Crippen LogP contribution in [0.25, 0.3) is 0 Å². The summed E-state index contributed by atoms with van der Waals surface area (Å²) in [6.07, 6.45) is 4.29. The van der Waals surface area contributed by atoms with Crippen molar-refractivity contribution >= 4 is 15.9 Å². The van der Waals surface area contributed by atoms with E-state index in [1.807, 2.05) is 43.3 Å². The number of hydrogen-bond acceptors (Lipinski definition) is 3. The lowest BCUT2D eigenvalue weighted by Gasteiger charge is -2.34. The first kappa shape index (κ1) is 19.2. The zero-order valence-electron chi connectivity index (χ0n) is 16.2. The zero-order valence-corrected chi connectivity index (χ0v) is 17.0. The van der Waals surface area contributed by atoms with Gasteiger partial charge in [-0.1, -0.05) is 23.8 Å². The molecule has 1 fully saturated rings. The lowest BCUT2D eigenvalue weighted by molar-refractivity contribution is 0.0698. The lowest BCUT2D eigenvalue weighted by Crippen LogP contribution is -2.50. The molecule has 1 aliphatic carbocycles. The number of carbonyl (C=O) groups is 1. The molecule has 4 rings (SSSR count). The number of aryl methyl sites for hydroxylation is 3. The quantitative estimate of drug-likeness (QED) is 0.799. The lowest BCUT2D eigenvalue weighted by atomic mass is 9.92. The normalized spacial score (nSPS) is 18.0. The van der Waals surface area contributed by atoms with Gasteiger partial charge in [-0.25, -0.2) is 8.42 Å². The molecule has 0 bridgehead atoms. The van der Waals surface area contributed by atoms with Gasteiger partial charge in [-0.2, -0.15) is 4.31 Å². The van der Waals surface area contributed by atoms with Gasteiger partial charge in [-0.3, -0.25) is 4.79 Å². The van der Waals surface area contributed by atoms with E-state index >= 15 is 0 Å². The summed E-state index contributed by atoms with van der Waals surface area (Å²) in [7, 11) is -3.52. The second kappa shape index (κ2) is 7.68. The number of amides is 1. The van der Waals surface area contributed by atoms with Crippen molar-refractivity contribution in [2.45, 2.75) is 37.5 Å². The van der Waals surface area contributed by atoms with E-state index in [9.17, 15) is 13.2 Å². The van der Waals surface area contributed by atoms with Gasteiger partial charge in [0.15, 0.2) is 0 Å². The molecule has 0 aromatic heterocycles. The Balaban J connectivity index is 1.45. The molecule has 2 aromatic rings. The average Bonchev–Trinajstić information content (AvgIpc) is 2.73. The van der Waals surface area contributed by atoms with Crippen molar-refractivity contribution in [2.75, 3.05) is 26.2 Å². The Morgan fingerprint density at radius 3 is 2.18 bits per heavy atom. The number of fused-ring (bicyclic) bond motifs is 1. The number of benzene rings is 2. The molecule has 1 amide bonds. The Morgan fingerprint density at radius 2 is 1.50 bits per heavy atom. The fourth-order valence-electron chi connectivity index (χ4n) is 4.03. The van der Waals surface area contributed by atoms with Crippen LogP contribution in [0.3, 0.4) is 0 Å². The molecule has 28 heavy (non-hydrogen) atoms. The van der Waals surface area contributed by atoms with Crippen LogP contribution in [0, 0.1) is 6.92 Å². The molecule has 2 aliphatic rings. The maximum absolute atomic E-state index is 13.1. The number of rotatable bonds is 3. The molecule has 1 aliphatic heterocycles. The van der Waals surface area contributed by atoms with Gasteiger partial charge in [0.25, 0.3) is 5.91 Å². The summed E-state index contributed by atoms with van der Waals surface area (Å²) in [5.74, 6) is -0.0363. The first-order chi connectivity index (χ1) is 13.4. The van der Waals surface area contributed by atoms with Crippen LogP contribution in [0.4, 0.5) is 0 Å². The van der Waals surface area contributed by atoms with Crippen molar-refractivity contribution in [3.05, 3.63) is 64.7 Å². The maximum atomic E-state index is 13.1. The summed E-state index contributed by atoms with van der Waals surface area (Å²) in [6.45, 7) is 3.47. The van der Waals surface area contributed by atoms with Crippen LogP contribution in [-0.4, -0.2) is 49.7 Å². The van der Waals surface area contributed by atoms with E-state index in [4.69, 9.17) is 0 Å². The van der Waals surface area contributed by atoms with Gasteiger partial charge in [0.05, 0.1) is 4.90 Å². The molecule has 1 heterocycles. The third-order valence-electron chi connectivity index (χ3n) is 5.78. The largest absolute Gasteiger partial charge is 0.336 e. The first-order valence-corrected chi connectivity index (χ1v) is 11.4. The predicted molar refractivity (Wildman–Crippen MR) is 109 cm³/mol. The van der Waals surface area contributed by atoms with Crippen molar-refractivity contribution in [3.8, 4) is 0 Å². The highest BCUT2D eigenvalue weighted by Crippen LogP contribution is 2.26. The van der Waals surface area contributed by atoms with E-state index in [0.717, 1.165) is 24.8 Å². The summed E-state index contributed by atoms with van der Waals surface area (Å²) in [5, 5.41) is 0. The summed E-state index contributed by atoms with van der Waals surface area (Å²) < 4.78 is 27.7. The molecule has 148 valence electrons. The molecule has 2 aromatic carbocycles. The molecular weight excluding hydrogens is 372 g/mol. The summed E-state index contributed by atoms with van der Waals surface area (Å²) in [6, 6.07) is 13.1. The van der Waals surface area contributed by atoms with Crippen LogP contribution in [0.15, 0.2) is 47.4 Å². The highest BCUT2D eigenvalue weighted by atomic mass is 32.2. The van der Waals surface area contributed by atoms with Gasteiger partial charge in [-0.15, -0.1) is 0 Å². The van der Waals surface area contributed by atoms with Crippen molar-refractivity contribution in [2.24, 2.45) is 0 Å². The monoisotopic (exact) mass is 398 g/mol. The Labute approximate surface area is 167 Å². The Hall–Kier alpha value is -2.18. The van der Waals surface area contributed by atoms with Gasteiger partial charge >= 0.3 is 0 Å². The van der Waals surface area contributed by atoms with Crippen LogP contribution < -0.4 is 0 Å². The number of piperazine rings is 1. The molecule has 5 nitrogen and oxygen atoms in total. The molecule has 0 unspecified atom stereocenters. The minimum atomic E-state index is -3.52. The number of carbonyl (C=O) groups excluding carboxylic acids is 1. The highest BCUT2D eigenvalue weighted by Gasteiger charge is 2.31. The van der Waals surface area contributed by atoms with Gasteiger partial charge in [0, 0.05) is 31.7 Å². The third-order valence-corrected chi connectivity index (χ3v) is 7.68. The van der Waals surface area contributed by atoms with Crippen LogP contribution >= 0.6 is 0 Å². The summed E-state index contributed by atoms with van der Waals surface area (Å²) in [4.78, 5) is 14.8. The van der Waals surface area contributed by atoms with Crippen molar-refractivity contribution < 1.29 is 13.2 Å². The molecule has 6 heteroatoms. The van der Waals surface area contributed by atoms with E-state index in [2.05, 4.69) is 0 Å². The SMILES string of the molecule is Cc1ccc(C(=O)N2CCN(S(=O)(=O)c3ccc4c(c3)CCCC4)CC2)cc1. The van der Waals surface area contributed by atoms with E-state index < -0.39 is 10.0 Å². The van der Waals surface area contributed by atoms with Gasteiger partial charge < -0.3 is 4.90 Å². The van der Waals surface area contributed by atoms with Crippen molar-refractivity contribution in [3.63, 3.8) is 0 Å². The van der Waals surface area contributed by atoms with Crippen LogP contribution in [0.2, 0.25) is 0 Å². The Morgan fingerprint density at radius 1 is 0.857 bits per heavy atom. The fourth-order valence-corrected chi connectivity index (χ4v) is 5.50. The van der Waals surface area contributed by atoms with Crippen molar-refractivity contribution in [1.29, 1.82) is 0 Å². The molecule has 0 saturated carbocycles. The second-order valence-corrected chi connectivity index (χ2v) is 9.64. The maximum Gasteiger partial charge on any atom is 0.253 e. The second-order valence-electron chi connectivity index (χ2n) is 7.70. The molecule has 0 N–H and O–H groups in total. The molecule has 0 radical (unpaired) electrons. The van der Waals surface area contributed by atoms with Gasteiger partial charge in [0.2, 0.25) is 10.0 Å². The number of sulfonamides is 1. The zero-order chi connectivity index (χ0) is 19.7. The average molecular weight is 399 g/mol. The fraction of sp³-hybridized carbons (Fsp3) is 0.409. The minimum Gasteiger partial charge on any atom is -0.336 e. The highest BCUT2D eigenvalue weighted by molar-refractivity contribution is 7.89. The minimum absolute atomic E-state index is 0.0363. The third kappa shape index (κ3) is 3.71. The smallest absolute Gasteiger partial charge is 0.253 e. The topological polar surface area (TPSA) is 57.7 Å². The molecular formula is C22H26N2O3S. The van der Waals surface area contributed by atoms with Crippen LogP contribution in [-0.2, 0) is 22.9 Å². The van der Waals surface area contributed by atoms with Crippen molar-refractivity contribution in [1.82, 2.24) is 9.21 Å². The Kier molecular flexibility index (Phi) is 5.25. The van der Waals surface area contributed by atoms with E-state index in [0.29, 0.717) is 36.6 Å². The van der Waals surface area contributed by atoms with E-state index in [1.54, 1.807) is 11.0 Å². The van der Waals surface area contributed by atoms with E-state index in [-0.39, 0.29) is 5.91 Å². The van der Waals surface area contributed by atoms with Crippen LogP contribution in [0.1, 0.15) is 39.9 Å². The standard InChI is InChI=1S/C22H26N2O3S/c1-17-6-8-19(9-7-17)22(25)23-12-14-24(15-13-23)28(26,27)21-11-10-18-4-2-3-5-20(18)16-21/h6-11,16H,2-5,12-15H2,1H3. The van der Waals surface area contributed by atoms with E-state index in [1.165, 1.54) is 21.9 Å². The van der Waals surface area contributed by atoms with Gasteiger partial charge in [0.1, 0.15) is 0 Å². The summed E-state index contributed by atoms with van der Waals surface area (Å²) in [5.41, 5.74) is 4.20. The molecule has 0 spiro atoms. The molecule has 1 saturated heterocycles. The first-order valence-electron chi connectivity index (χ1n) is 9.93. The number of nitrogens with zero attached hydrogens (tertiary/aromatic N) is 2. The molecule has 0 atom stereocenters. The van der Waals surface area contributed by atoms with Crippen LogP contribution in [0.5, 0.6) is 0 Å².